The van der Waals surface area contributed by atoms with E-state index in [0.29, 0.717) is 6.61 Å². The van der Waals surface area contributed by atoms with Gasteiger partial charge in [-0.15, -0.1) is 0 Å². The van der Waals surface area contributed by atoms with Crippen LogP contribution in [-0.2, 0) is 0 Å². The highest BCUT2D eigenvalue weighted by atomic mass is 79.9. The van der Waals surface area contributed by atoms with Crippen molar-refractivity contribution in [1.29, 1.82) is 0 Å². The highest BCUT2D eigenvalue weighted by Crippen LogP contribution is 2.16. The predicted octanol–water partition coefficient (Wildman–Crippen LogP) is 4.32. The third-order valence-electron chi connectivity index (χ3n) is 3.00. The maximum Gasteiger partial charge on any atom is 0.123 e. The summed E-state index contributed by atoms with van der Waals surface area (Å²) in [5, 5.41) is 3.34. The van der Waals surface area contributed by atoms with Gasteiger partial charge in [0.05, 0.1) is 0 Å². The summed E-state index contributed by atoms with van der Waals surface area (Å²) < 4.78 is 19.5. The third kappa shape index (κ3) is 4.62. The van der Waals surface area contributed by atoms with Crippen molar-refractivity contribution >= 4 is 15.9 Å². The molecule has 0 aliphatic rings. The quantitative estimate of drug-likeness (QED) is 0.792. The van der Waals surface area contributed by atoms with Gasteiger partial charge in [0.1, 0.15) is 18.2 Å². The monoisotopic (exact) mass is 337 g/mol. The maximum absolute atomic E-state index is 12.8. The number of ether oxygens (including phenoxy) is 1. The van der Waals surface area contributed by atoms with E-state index < -0.39 is 0 Å². The topological polar surface area (TPSA) is 21.3 Å². The predicted molar refractivity (Wildman–Crippen MR) is 82.5 cm³/mol. The zero-order valence-electron chi connectivity index (χ0n) is 11.3. The van der Waals surface area contributed by atoms with Crippen molar-refractivity contribution in [3.05, 3.63) is 64.4 Å². The van der Waals surface area contributed by atoms with E-state index in [2.05, 4.69) is 21.2 Å². The van der Waals surface area contributed by atoms with Crippen LogP contribution in [0, 0.1) is 5.82 Å². The van der Waals surface area contributed by atoms with Crippen LogP contribution in [0.5, 0.6) is 5.75 Å². The molecule has 2 rings (SSSR count). The molecule has 0 fully saturated rings. The Morgan fingerprint density at radius 2 is 1.75 bits per heavy atom. The molecule has 2 nitrogen and oxygen atoms in total. The first kappa shape index (κ1) is 15.0. The van der Waals surface area contributed by atoms with E-state index in [4.69, 9.17) is 4.74 Å². The molecule has 106 valence electrons. The van der Waals surface area contributed by atoms with Crippen LogP contribution in [0.15, 0.2) is 53.0 Å². The smallest absolute Gasteiger partial charge is 0.123 e. The molecule has 0 amide bonds. The average Bonchev–Trinajstić information content (AvgIpc) is 2.46. The van der Waals surface area contributed by atoms with Crippen LogP contribution in [0.3, 0.4) is 0 Å². The van der Waals surface area contributed by atoms with Crippen LogP contribution in [-0.4, -0.2) is 13.2 Å². The van der Waals surface area contributed by atoms with E-state index in [1.807, 2.05) is 31.2 Å². The van der Waals surface area contributed by atoms with Gasteiger partial charge in [-0.25, -0.2) is 4.39 Å². The molecule has 0 aliphatic heterocycles. The SMILES string of the molecule is CC(NCCOc1ccc(Br)cc1)c1ccc(F)cc1. The van der Waals surface area contributed by atoms with E-state index in [1.54, 1.807) is 12.1 Å². The fraction of sp³-hybridized carbons (Fsp3) is 0.250. The van der Waals surface area contributed by atoms with Crippen LogP contribution in [0.1, 0.15) is 18.5 Å². The average molecular weight is 338 g/mol. The molecule has 1 N–H and O–H groups in total. The van der Waals surface area contributed by atoms with Crippen molar-refractivity contribution in [3.63, 3.8) is 0 Å². The second-order valence-electron chi connectivity index (χ2n) is 4.53. The van der Waals surface area contributed by atoms with Crippen LogP contribution in [0.4, 0.5) is 4.39 Å². The fourth-order valence-electron chi connectivity index (χ4n) is 1.84. The lowest BCUT2D eigenvalue weighted by atomic mass is 10.1. The summed E-state index contributed by atoms with van der Waals surface area (Å²) in [6, 6.07) is 14.5. The summed E-state index contributed by atoms with van der Waals surface area (Å²) in [6.45, 7) is 3.37. The van der Waals surface area contributed by atoms with Gasteiger partial charge in [-0.05, 0) is 48.9 Å². The molecular formula is C16H17BrFNO. The zero-order chi connectivity index (χ0) is 14.4. The Balaban J connectivity index is 1.72. The molecule has 2 aromatic carbocycles. The molecule has 1 unspecified atom stereocenters. The minimum atomic E-state index is -0.209. The molecule has 0 bridgehead atoms. The molecule has 0 saturated heterocycles. The van der Waals surface area contributed by atoms with Crippen LogP contribution in [0.2, 0.25) is 0 Å². The molecule has 0 radical (unpaired) electrons. The zero-order valence-corrected chi connectivity index (χ0v) is 12.9. The summed E-state index contributed by atoms with van der Waals surface area (Å²) >= 11 is 3.38. The number of rotatable bonds is 6. The first-order chi connectivity index (χ1) is 9.65. The lowest BCUT2D eigenvalue weighted by molar-refractivity contribution is 0.307. The lowest BCUT2D eigenvalue weighted by Gasteiger charge is -2.14. The molecule has 0 aromatic heterocycles. The first-order valence-electron chi connectivity index (χ1n) is 6.52. The summed E-state index contributed by atoms with van der Waals surface area (Å²) in [6.07, 6.45) is 0. The van der Waals surface area contributed by atoms with Crippen molar-refractivity contribution < 1.29 is 9.13 Å². The Morgan fingerprint density at radius 1 is 1.10 bits per heavy atom. The van der Waals surface area contributed by atoms with Gasteiger partial charge >= 0.3 is 0 Å². The van der Waals surface area contributed by atoms with E-state index in [9.17, 15) is 4.39 Å². The van der Waals surface area contributed by atoms with Gasteiger partial charge in [-0.1, -0.05) is 28.1 Å². The standard InChI is InChI=1S/C16H17BrFNO/c1-12(13-2-6-15(18)7-3-13)19-10-11-20-16-8-4-14(17)5-9-16/h2-9,12,19H,10-11H2,1H3. The molecule has 4 heteroatoms. The Labute approximate surface area is 127 Å². The highest BCUT2D eigenvalue weighted by molar-refractivity contribution is 9.10. The van der Waals surface area contributed by atoms with Gasteiger partial charge in [0.15, 0.2) is 0 Å². The normalized spacial score (nSPS) is 12.2. The minimum absolute atomic E-state index is 0.170. The second kappa shape index (κ2) is 7.41. The molecule has 0 heterocycles. The molecule has 2 aromatic rings. The van der Waals surface area contributed by atoms with Gasteiger partial charge < -0.3 is 10.1 Å². The maximum atomic E-state index is 12.8. The van der Waals surface area contributed by atoms with Crippen LogP contribution >= 0.6 is 15.9 Å². The van der Waals surface area contributed by atoms with Crippen molar-refractivity contribution in [2.45, 2.75) is 13.0 Å². The van der Waals surface area contributed by atoms with Gasteiger partial charge in [-0.2, -0.15) is 0 Å². The molecule has 0 spiro atoms. The van der Waals surface area contributed by atoms with E-state index >= 15 is 0 Å². The Bertz CT molecular complexity index is 527. The first-order valence-corrected chi connectivity index (χ1v) is 7.31. The minimum Gasteiger partial charge on any atom is -0.492 e. The Hall–Kier alpha value is -1.39. The van der Waals surface area contributed by atoms with E-state index in [-0.39, 0.29) is 11.9 Å². The lowest BCUT2D eigenvalue weighted by Crippen LogP contribution is -2.24. The van der Waals surface area contributed by atoms with Crippen molar-refractivity contribution in [3.8, 4) is 5.75 Å². The number of benzene rings is 2. The fourth-order valence-corrected chi connectivity index (χ4v) is 2.11. The van der Waals surface area contributed by atoms with Crippen molar-refractivity contribution in [1.82, 2.24) is 5.32 Å². The Morgan fingerprint density at radius 3 is 2.40 bits per heavy atom. The van der Waals surface area contributed by atoms with Crippen LogP contribution < -0.4 is 10.1 Å². The van der Waals surface area contributed by atoms with Crippen molar-refractivity contribution in [2.75, 3.05) is 13.2 Å². The third-order valence-corrected chi connectivity index (χ3v) is 3.53. The second-order valence-corrected chi connectivity index (χ2v) is 5.45. The highest BCUT2D eigenvalue weighted by Gasteiger charge is 2.04. The summed E-state index contributed by atoms with van der Waals surface area (Å²) in [7, 11) is 0. The largest absolute Gasteiger partial charge is 0.492 e. The number of hydrogen-bond acceptors (Lipinski definition) is 2. The number of nitrogens with one attached hydrogen (secondary N) is 1. The van der Waals surface area contributed by atoms with Gasteiger partial charge in [0, 0.05) is 17.1 Å². The van der Waals surface area contributed by atoms with Crippen LogP contribution in [0.25, 0.3) is 0 Å². The number of hydrogen-bond donors (Lipinski definition) is 1. The molecule has 0 aliphatic carbocycles. The summed E-state index contributed by atoms with van der Waals surface area (Å²) in [4.78, 5) is 0. The van der Waals surface area contributed by atoms with Gasteiger partial charge in [0.2, 0.25) is 0 Å². The van der Waals surface area contributed by atoms with E-state index in [0.717, 1.165) is 22.3 Å². The van der Waals surface area contributed by atoms with Gasteiger partial charge in [0.25, 0.3) is 0 Å². The Kier molecular flexibility index (Phi) is 5.56. The number of halogens is 2. The molecule has 20 heavy (non-hydrogen) atoms. The summed E-state index contributed by atoms with van der Waals surface area (Å²) in [5.74, 6) is 0.643. The summed E-state index contributed by atoms with van der Waals surface area (Å²) in [5.41, 5.74) is 1.06. The molecule has 0 saturated carbocycles. The van der Waals surface area contributed by atoms with Gasteiger partial charge in [-0.3, -0.25) is 0 Å². The van der Waals surface area contributed by atoms with E-state index in [1.165, 1.54) is 12.1 Å². The molecular weight excluding hydrogens is 321 g/mol. The van der Waals surface area contributed by atoms with Crippen molar-refractivity contribution in [2.24, 2.45) is 0 Å². The molecule has 1 atom stereocenters.